The molecule has 2 heterocycles. The van der Waals surface area contributed by atoms with Crippen LogP contribution in [-0.2, 0) is 23.7 Å². The van der Waals surface area contributed by atoms with Crippen LogP contribution in [0.3, 0.4) is 0 Å². The van der Waals surface area contributed by atoms with Crippen molar-refractivity contribution in [2.24, 2.45) is 0 Å². The zero-order chi connectivity index (χ0) is 38.3. The Balaban J connectivity index is 1.97. The standard InChI is InChI=1S/C38H71NO13/c1-3-5-7-9-11-13-15-17-19-21-27(42)26(39-30(43)22-20-18-16-14-12-10-8-6-4-2)25-49-37-35(48)33(46)36(29(24-41)51-37)52-38-34(47)32(45)31(44)28(23-40)50-38/h19,21,26-29,31-38,40-42,44-48H,3-18,20,22-25H2,1-2H3,(H,39,43)/b21-19+/t26-,27+,28+,29+,31-,32?,33?,34?,35?,36+,37+,38-/m0/s1. The Kier molecular flexibility index (Phi) is 24.6. The zero-order valence-electron chi connectivity index (χ0n) is 31.6. The zero-order valence-corrected chi connectivity index (χ0v) is 31.6. The molecule has 2 aliphatic rings. The molecule has 14 nitrogen and oxygen atoms in total. The van der Waals surface area contributed by atoms with Crippen LogP contribution in [0, 0.1) is 0 Å². The normalized spacial score (nSPS) is 30.8. The molecule has 0 aromatic rings. The monoisotopic (exact) mass is 749 g/mol. The van der Waals surface area contributed by atoms with E-state index in [1.165, 1.54) is 64.2 Å². The second kappa shape index (κ2) is 27.3. The largest absolute Gasteiger partial charge is 0.394 e. The summed E-state index contributed by atoms with van der Waals surface area (Å²) in [5, 5.41) is 85.9. The molecule has 0 radical (unpaired) electrons. The number of hydrogen-bond acceptors (Lipinski definition) is 13. The van der Waals surface area contributed by atoms with Crippen molar-refractivity contribution in [3.05, 3.63) is 12.2 Å². The van der Waals surface area contributed by atoms with Crippen LogP contribution in [0.2, 0.25) is 0 Å². The third-order valence-electron chi connectivity index (χ3n) is 9.97. The second-order valence-corrected chi connectivity index (χ2v) is 14.4. The van der Waals surface area contributed by atoms with E-state index in [1.54, 1.807) is 6.08 Å². The topological polar surface area (TPSA) is 228 Å². The van der Waals surface area contributed by atoms with Gasteiger partial charge in [0.05, 0.1) is 32.0 Å². The van der Waals surface area contributed by atoms with Crippen LogP contribution >= 0.6 is 0 Å². The number of carbonyl (C=O) groups excluding carboxylic acids is 1. The van der Waals surface area contributed by atoms with Gasteiger partial charge >= 0.3 is 0 Å². The van der Waals surface area contributed by atoms with Gasteiger partial charge in [0.25, 0.3) is 0 Å². The van der Waals surface area contributed by atoms with E-state index >= 15 is 0 Å². The smallest absolute Gasteiger partial charge is 0.220 e. The van der Waals surface area contributed by atoms with E-state index in [9.17, 15) is 45.6 Å². The maximum Gasteiger partial charge on any atom is 0.220 e. The number of unbranched alkanes of at least 4 members (excludes halogenated alkanes) is 15. The lowest BCUT2D eigenvalue weighted by molar-refractivity contribution is -0.359. The molecule has 4 unspecified atom stereocenters. The summed E-state index contributed by atoms with van der Waals surface area (Å²) >= 11 is 0. The molecule has 9 N–H and O–H groups in total. The van der Waals surface area contributed by atoms with E-state index in [1.807, 2.05) is 6.08 Å². The van der Waals surface area contributed by atoms with Gasteiger partial charge in [-0.25, -0.2) is 0 Å². The van der Waals surface area contributed by atoms with E-state index in [-0.39, 0.29) is 18.9 Å². The predicted octanol–water partition coefficient (Wildman–Crippen LogP) is 2.09. The van der Waals surface area contributed by atoms with Gasteiger partial charge in [0.15, 0.2) is 12.6 Å². The highest BCUT2D eigenvalue weighted by molar-refractivity contribution is 5.76. The summed E-state index contributed by atoms with van der Waals surface area (Å²) in [6.45, 7) is 2.68. The summed E-state index contributed by atoms with van der Waals surface area (Å²) in [6, 6.07) is -0.903. The molecule has 2 fully saturated rings. The first-order valence-corrected chi connectivity index (χ1v) is 19.9. The van der Waals surface area contributed by atoms with Gasteiger partial charge in [0.1, 0.15) is 48.8 Å². The van der Waals surface area contributed by atoms with Crippen molar-refractivity contribution in [3.63, 3.8) is 0 Å². The first kappa shape index (κ1) is 46.9. The number of amides is 1. The fourth-order valence-corrected chi connectivity index (χ4v) is 6.58. The number of ether oxygens (including phenoxy) is 4. The van der Waals surface area contributed by atoms with E-state index in [2.05, 4.69) is 19.2 Å². The van der Waals surface area contributed by atoms with Gasteiger partial charge in [0.2, 0.25) is 5.91 Å². The molecule has 2 saturated heterocycles. The first-order chi connectivity index (χ1) is 25.1. The minimum absolute atomic E-state index is 0.248. The van der Waals surface area contributed by atoms with Crippen LogP contribution in [0.15, 0.2) is 12.2 Å². The quantitative estimate of drug-likeness (QED) is 0.0413. The van der Waals surface area contributed by atoms with E-state index in [0.717, 1.165) is 38.5 Å². The van der Waals surface area contributed by atoms with Gasteiger partial charge in [-0.05, 0) is 19.3 Å². The minimum atomic E-state index is -1.78. The number of rotatable bonds is 28. The Morgan fingerprint density at radius 3 is 1.77 bits per heavy atom. The van der Waals surface area contributed by atoms with Crippen LogP contribution < -0.4 is 5.32 Å². The van der Waals surface area contributed by atoms with Crippen LogP contribution in [-0.4, -0.2) is 140 Å². The van der Waals surface area contributed by atoms with Gasteiger partial charge in [-0.2, -0.15) is 0 Å². The molecule has 1 amide bonds. The number of aliphatic hydroxyl groups is 8. The summed E-state index contributed by atoms with van der Waals surface area (Å²) in [5.41, 5.74) is 0. The van der Waals surface area contributed by atoms with Crippen LogP contribution in [0.25, 0.3) is 0 Å². The average Bonchev–Trinajstić information content (AvgIpc) is 3.14. The van der Waals surface area contributed by atoms with Gasteiger partial charge in [-0.1, -0.05) is 116 Å². The van der Waals surface area contributed by atoms with Crippen LogP contribution in [0.5, 0.6) is 0 Å². The molecule has 0 spiro atoms. The molecule has 0 saturated carbocycles. The average molecular weight is 750 g/mol. The SMILES string of the molecule is CCCCCCCCC/C=C/[C@@H](O)[C@H](CO[C@@H]1O[C@H](CO)[C@@H](O[C@@H]2O[C@H](CO)[C@H](O)C(O)C2O)C(O)C1O)NC(=O)CCCCCCCCCCC. The number of carbonyl (C=O) groups is 1. The lowest BCUT2D eigenvalue weighted by Crippen LogP contribution is -2.65. The Hall–Kier alpha value is -1.27. The summed E-state index contributed by atoms with van der Waals surface area (Å²) in [6.07, 6.45) is 5.79. The fraction of sp³-hybridized carbons (Fsp3) is 0.921. The Morgan fingerprint density at radius 2 is 1.19 bits per heavy atom. The number of nitrogens with one attached hydrogen (secondary N) is 1. The number of allylic oxidation sites excluding steroid dienone is 1. The highest BCUT2D eigenvalue weighted by Gasteiger charge is 2.50. The van der Waals surface area contributed by atoms with E-state index in [0.29, 0.717) is 6.42 Å². The van der Waals surface area contributed by atoms with E-state index < -0.39 is 86.8 Å². The Bertz CT molecular complexity index is 941. The molecule has 306 valence electrons. The molecule has 0 aliphatic carbocycles. The Labute approximate surface area is 310 Å². The van der Waals surface area contributed by atoms with Gasteiger partial charge in [-0.15, -0.1) is 0 Å². The summed E-state index contributed by atoms with van der Waals surface area (Å²) in [4.78, 5) is 12.9. The lowest BCUT2D eigenvalue weighted by atomic mass is 9.97. The van der Waals surface area contributed by atoms with Crippen molar-refractivity contribution in [3.8, 4) is 0 Å². The first-order valence-electron chi connectivity index (χ1n) is 19.9. The summed E-state index contributed by atoms with van der Waals surface area (Å²) in [7, 11) is 0. The molecule has 14 heteroatoms. The Morgan fingerprint density at radius 1 is 0.673 bits per heavy atom. The van der Waals surface area contributed by atoms with Gasteiger partial charge in [0, 0.05) is 6.42 Å². The van der Waals surface area contributed by atoms with Crippen LogP contribution in [0.1, 0.15) is 129 Å². The van der Waals surface area contributed by atoms with Crippen molar-refractivity contribution in [2.45, 2.75) is 203 Å². The molecule has 52 heavy (non-hydrogen) atoms. The predicted molar refractivity (Wildman–Crippen MR) is 194 cm³/mol. The number of hydrogen-bond donors (Lipinski definition) is 9. The molecular weight excluding hydrogens is 678 g/mol. The van der Waals surface area contributed by atoms with Crippen molar-refractivity contribution in [1.29, 1.82) is 0 Å². The van der Waals surface area contributed by atoms with E-state index in [4.69, 9.17) is 18.9 Å². The van der Waals surface area contributed by atoms with Crippen molar-refractivity contribution < 1.29 is 64.6 Å². The van der Waals surface area contributed by atoms with Crippen molar-refractivity contribution >= 4 is 5.91 Å². The summed E-state index contributed by atoms with van der Waals surface area (Å²) < 4.78 is 22.5. The van der Waals surface area contributed by atoms with Gasteiger partial charge < -0.3 is 65.1 Å². The lowest BCUT2D eigenvalue weighted by Gasteiger charge is -2.46. The molecule has 0 bridgehead atoms. The third kappa shape index (κ3) is 16.6. The fourth-order valence-electron chi connectivity index (χ4n) is 6.58. The van der Waals surface area contributed by atoms with Crippen molar-refractivity contribution in [1.82, 2.24) is 5.32 Å². The highest BCUT2D eigenvalue weighted by atomic mass is 16.7. The van der Waals surface area contributed by atoms with Crippen molar-refractivity contribution in [2.75, 3.05) is 19.8 Å². The maximum atomic E-state index is 12.9. The maximum absolute atomic E-state index is 12.9. The van der Waals surface area contributed by atoms with Crippen LogP contribution in [0.4, 0.5) is 0 Å². The molecular formula is C38H71NO13. The second-order valence-electron chi connectivity index (χ2n) is 14.4. The third-order valence-corrected chi connectivity index (χ3v) is 9.97. The molecule has 0 aromatic heterocycles. The molecule has 2 aliphatic heterocycles. The molecule has 12 atom stereocenters. The number of aliphatic hydroxyl groups excluding tert-OH is 8. The minimum Gasteiger partial charge on any atom is -0.394 e. The summed E-state index contributed by atoms with van der Waals surface area (Å²) in [5.74, 6) is -0.248. The van der Waals surface area contributed by atoms with Gasteiger partial charge in [-0.3, -0.25) is 4.79 Å². The highest BCUT2D eigenvalue weighted by Crippen LogP contribution is 2.29. The molecule has 2 rings (SSSR count). The molecule has 0 aromatic carbocycles.